The van der Waals surface area contributed by atoms with Gasteiger partial charge in [0.2, 0.25) is 0 Å². The minimum atomic E-state index is 0.827. The predicted molar refractivity (Wildman–Crippen MR) is 81.3 cm³/mol. The first-order chi connectivity index (χ1) is 9.90. The molecule has 4 rings (SSSR count). The molecule has 1 aliphatic heterocycles. The Hall–Kier alpha value is -2.33. The highest BCUT2D eigenvalue weighted by atomic mass is 32.2. The first kappa shape index (κ1) is 11.5. The Labute approximate surface area is 121 Å². The van der Waals surface area contributed by atoms with Crippen LogP contribution < -0.4 is 5.32 Å². The van der Waals surface area contributed by atoms with Gasteiger partial charge in [0, 0.05) is 10.5 Å². The standard InChI is InChI=1S/C16H11N3S/c1-2-6-11(7-3-1)13-10-15-16(19-18-13)17-12-8-4-5-9-14(12)20-15/h1-10H,(H,17,19). The minimum Gasteiger partial charge on any atom is -0.337 e. The van der Waals surface area contributed by atoms with Gasteiger partial charge >= 0.3 is 0 Å². The molecule has 3 nitrogen and oxygen atoms in total. The first-order valence-corrected chi connectivity index (χ1v) is 7.19. The van der Waals surface area contributed by atoms with Crippen LogP contribution in [0.5, 0.6) is 0 Å². The van der Waals surface area contributed by atoms with E-state index in [1.807, 2.05) is 42.5 Å². The maximum absolute atomic E-state index is 4.31. The zero-order valence-electron chi connectivity index (χ0n) is 10.6. The summed E-state index contributed by atoms with van der Waals surface area (Å²) in [5, 5.41) is 11.9. The van der Waals surface area contributed by atoms with E-state index in [9.17, 15) is 0 Å². The highest BCUT2D eigenvalue weighted by Crippen LogP contribution is 2.43. The van der Waals surface area contributed by atoms with E-state index >= 15 is 0 Å². The Kier molecular flexibility index (Phi) is 2.67. The molecule has 1 aliphatic rings. The maximum Gasteiger partial charge on any atom is 0.167 e. The fraction of sp³-hybridized carbons (Fsp3) is 0. The van der Waals surface area contributed by atoms with Gasteiger partial charge in [-0.3, -0.25) is 0 Å². The van der Waals surface area contributed by atoms with Gasteiger partial charge in [-0.25, -0.2) is 0 Å². The van der Waals surface area contributed by atoms with Crippen LogP contribution in [0, 0.1) is 0 Å². The largest absolute Gasteiger partial charge is 0.337 e. The lowest BCUT2D eigenvalue weighted by atomic mass is 10.1. The summed E-state index contributed by atoms with van der Waals surface area (Å²) in [5.41, 5.74) is 3.08. The van der Waals surface area contributed by atoms with Crippen molar-refractivity contribution in [1.29, 1.82) is 0 Å². The van der Waals surface area contributed by atoms with Crippen molar-refractivity contribution >= 4 is 23.3 Å². The van der Waals surface area contributed by atoms with Crippen LogP contribution in [0.1, 0.15) is 0 Å². The predicted octanol–water partition coefficient (Wildman–Crippen LogP) is 4.35. The molecule has 0 saturated carbocycles. The number of aromatic nitrogens is 2. The summed E-state index contributed by atoms with van der Waals surface area (Å²) in [4.78, 5) is 2.32. The quantitative estimate of drug-likeness (QED) is 0.561. The highest BCUT2D eigenvalue weighted by molar-refractivity contribution is 7.99. The molecule has 0 fully saturated rings. The molecule has 0 aliphatic carbocycles. The topological polar surface area (TPSA) is 37.8 Å². The maximum atomic E-state index is 4.31. The van der Waals surface area contributed by atoms with Crippen LogP contribution in [-0.4, -0.2) is 10.2 Å². The molecular weight excluding hydrogens is 266 g/mol. The second-order valence-corrected chi connectivity index (χ2v) is 5.62. The number of anilines is 2. The van der Waals surface area contributed by atoms with Crippen molar-refractivity contribution in [3.8, 4) is 11.3 Å². The monoisotopic (exact) mass is 277 g/mol. The third kappa shape index (κ3) is 1.94. The zero-order valence-corrected chi connectivity index (χ0v) is 11.4. The highest BCUT2D eigenvalue weighted by Gasteiger charge is 2.17. The van der Waals surface area contributed by atoms with Crippen LogP contribution in [0.15, 0.2) is 70.5 Å². The summed E-state index contributed by atoms with van der Waals surface area (Å²) in [6.45, 7) is 0. The summed E-state index contributed by atoms with van der Waals surface area (Å²) < 4.78 is 0. The van der Waals surface area contributed by atoms with Crippen LogP contribution >= 0.6 is 11.8 Å². The van der Waals surface area contributed by atoms with E-state index in [1.54, 1.807) is 11.8 Å². The number of nitrogens with zero attached hydrogens (tertiary/aromatic N) is 2. The average Bonchev–Trinajstić information content (AvgIpc) is 2.53. The van der Waals surface area contributed by atoms with E-state index in [0.717, 1.165) is 27.7 Å². The summed E-state index contributed by atoms with van der Waals surface area (Å²) in [5.74, 6) is 0.827. The number of hydrogen-bond donors (Lipinski definition) is 1. The third-order valence-electron chi connectivity index (χ3n) is 3.19. The molecule has 1 aromatic heterocycles. The Morgan fingerprint density at radius 3 is 2.50 bits per heavy atom. The van der Waals surface area contributed by atoms with Crippen LogP contribution in [0.3, 0.4) is 0 Å². The number of hydrogen-bond acceptors (Lipinski definition) is 4. The van der Waals surface area contributed by atoms with Crippen molar-refractivity contribution in [3.05, 3.63) is 60.7 Å². The molecule has 3 aromatic rings. The molecule has 2 aromatic carbocycles. The summed E-state index contributed by atoms with van der Waals surface area (Å²) in [6.07, 6.45) is 0. The Bertz CT molecular complexity index is 772. The molecule has 0 amide bonds. The Morgan fingerprint density at radius 1 is 0.800 bits per heavy atom. The summed E-state index contributed by atoms with van der Waals surface area (Å²) >= 11 is 1.73. The molecule has 96 valence electrons. The van der Waals surface area contributed by atoms with E-state index in [4.69, 9.17) is 0 Å². The fourth-order valence-electron chi connectivity index (χ4n) is 2.19. The number of nitrogens with one attached hydrogen (secondary N) is 1. The first-order valence-electron chi connectivity index (χ1n) is 6.37. The average molecular weight is 277 g/mol. The van der Waals surface area contributed by atoms with Crippen molar-refractivity contribution in [3.63, 3.8) is 0 Å². The molecule has 0 bridgehead atoms. The molecule has 1 N–H and O–H groups in total. The van der Waals surface area contributed by atoms with Gasteiger partial charge in [-0.1, -0.05) is 54.2 Å². The molecule has 0 radical (unpaired) electrons. The van der Waals surface area contributed by atoms with E-state index in [2.05, 4.69) is 33.7 Å². The van der Waals surface area contributed by atoms with Crippen molar-refractivity contribution in [2.75, 3.05) is 5.32 Å². The van der Waals surface area contributed by atoms with Crippen LogP contribution in [0.2, 0.25) is 0 Å². The normalized spacial score (nSPS) is 12.2. The van der Waals surface area contributed by atoms with Gasteiger partial charge in [0.15, 0.2) is 5.82 Å². The molecular formula is C16H11N3S. The van der Waals surface area contributed by atoms with Gasteiger partial charge in [0.05, 0.1) is 16.3 Å². The van der Waals surface area contributed by atoms with E-state index in [1.165, 1.54) is 4.90 Å². The van der Waals surface area contributed by atoms with E-state index < -0.39 is 0 Å². The van der Waals surface area contributed by atoms with Gasteiger partial charge in [0.25, 0.3) is 0 Å². The van der Waals surface area contributed by atoms with E-state index in [-0.39, 0.29) is 0 Å². The smallest absolute Gasteiger partial charge is 0.167 e. The van der Waals surface area contributed by atoms with Gasteiger partial charge < -0.3 is 5.32 Å². The van der Waals surface area contributed by atoms with Gasteiger partial charge in [-0.15, -0.1) is 10.2 Å². The molecule has 0 atom stereocenters. The Morgan fingerprint density at radius 2 is 1.60 bits per heavy atom. The summed E-state index contributed by atoms with van der Waals surface area (Å²) in [7, 11) is 0. The molecule has 0 unspecified atom stereocenters. The van der Waals surface area contributed by atoms with Crippen molar-refractivity contribution in [1.82, 2.24) is 10.2 Å². The lowest BCUT2D eigenvalue weighted by Crippen LogP contribution is -2.03. The van der Waals surface area contributed by atoms with Crippen LogP contribution in [0.4, 0.5) is 11.5 Å². The third-order valence-corrected chi connectivity index (χ3v) is 4.30. The number of para-hydroxylation sites is 1. The molecule has 0 saturated heterocycles. The molecule has 4 heteroatoms. The van der Waals surface area contributed by atoms with Gasteiger partial charge in [-0.2, -0.15) is 0 Å². The van der Waals surface area contributed by atoms with Crippen molar-refractivity contribution < 1.29 is 0 Å². The molecule has 20 heavy (non-hydrogen) atoms. The Balaban J connectivity index is 1.77. The van der Waals surface area contributed by atoms with Crippen LogP contribution in [0.25, 0.3) is 11.3 Å². The number of benzene rings is 2. The summed E-state index contributed by atoms with van der Waals surface area (Å²) in [6, 6.07) is 20.4. The second-order valence-electron chi connectivity index (χ2n) is 4.53. The minimum absolute atomic E-state index is 0.827. The fourth-order valence-corrected chi connectivity index (χ4v) is 3.17. The van der Waals surface area contributed by atoms with Gasteiger partial charge in [-0.05, 0) is 18.2 Å². The second kappa shape index (κ2) is 4.65. The lowest BCUT2D eigenvalue weighted by molar-refractivity contribution is 1.00. The number of rotatable bonds is 1. The molecule has 0 spiro atoms. The van der Waals surface area contributed by atoms with Gasteiger partial charge in [0.1, 0.15) is 0 Å². The zero-order chi connectivity index (χ0) is 13.4. The lowest BCUT2D eigenvalue weighted by Gasteiger charge is -2.19. The van der Waals surface area contributed by atoms with Crippen LogP contribution in [-0.2, 0) is 0 Å². The number of fused-ring (bicyclic) bond motifs is 2. The van der Waals surface area contributed by atoms with E-state index in [0.29, 0.717) is 0 Å². The van der Waals surface area contributed by atoms with Crippen molar-refractivity contribution in [2.45, 2.75) is 9.79 Å². The molecule has 2 heterocycles. The SMILES string of the molecule is c1ccc(-c2cc3c(nn2)Nc2ccccc2S3)cc1. The van der Waals surface area contributed by atoms with Crippen molar-refractivity contribution in [2.24, 2.45) is 0 Å².